The minimum atomic E-state index is -0.478. The highest BCUT2D eigenvalue weighted by Crippen LogP contribution is 2.38. The monoisotopic (exact) mass is 439 g/mol. The molecule has 2 amide bonds. The fourth-order valence-electron chi connectivity index (χ4n) is 3.04. The SMILES string of the molecule is CCc1ccc(-c2cc(NC(=O)CNC(=O)c3cc(OC)c(OC)c(OC)c3)on2)cc1. The number of hydrogen-bond acceptors (Lipinski definition) is 7. The van der Waals surface area contributed by atoms with Gasteiger partial charge in [0.15, 0.2) is 11.5 Å². The van der Waals surface area contributed by atoms with E-state index >= 15 is 0 Å². The number of anilines is 1. The van der Waals surface area contributed by atoms with Gasteiger partial charge in [-0.2, -0.15) is 0 Å². The molecule has 0 aliphatic carbocycles. The van der Waals surface area contributed by atoms with Crippen molar-refractivity contribution < 1.29 is 28.3 Å². The second-order valence-corrected chi connectivity index (χ2v) is 6.77. The zero-order chi connectivity index (χ0) is 23.1. The van der Waals surface area contributed by atoms with Crippen molar-refractivity contribution in [2.75, 3.05) is 33.2 Å². The molecule has 0 unspecified atom stereocenters. The number of aromatic nitrogens is 1. The van der Waals surface area contributed by atoms with Gasteiger partial charge in [0, 0.05) is 17.2 Å². The van der Waals surface area contributed by atoms with Crippen LogP contribution in [0.25, 0.3) is 11.3 Å². The molecular formula is C23H25N3O6. The van der Waals surface area contributed by atoms with Crippen LogP contribution in [0.2, 0.25) is 0 Å². The summed E-state index contributed by atoms with van der Waals surface area (Å²) in [6.07, 6.45) is 0.947. The lowest BCUT2D eigenvalue weighted by molar-refractivity contribution is -0.115. The number of amides is 2. The van der Waals surface area contributed by atoms with Crippen LogP contribution < -0.4 is 24.8 Å². The first-order chi connectivity index (χ1) is 15.5. The minimum absolute atomic E-state index is 0.187. The number of ether oxygens (including phenoxy) is 3. The van der Waals surface area contributed by atoms with Crippen LogP contribution in [0.3, 0.4) is 0 Å². The second kappa shape index (κ2) is 10.3. The van der Waals surface area contributed by atoms with Gasteiger partial charge in [0.2, 0.25) is 17.5 Å². The van der Waals surface area contributed by atoms with Gasteiger partial charge in [-0.15, -0.1) is 0 Å². The van der Waals surface area contributed by atoms with Crippen molar-refractivity contribution in [3.05, 3.63) is 53.6 Å². The number of aryl methyl sites for hydroxylation is 1. The van der Waals surface area contributed by atoms with Crippen molar-refractivity contribution in [1.82, 2.24) is 10.5 Å². The Balaban J connectivity index is 1.60. The van der Waals surface area contributed by atoms with E-state index in [0.717, 1.165) is 12.0 Å². The summed E-state index contributed by atoms with van der Waals surface area (Å²) >= 11 is 0. The highest BCUT2D eigenvalue weighted by atomic mass is 16.5. The Morgan fingerprint density at radius 2 is 1.62 bits per heavy atom. The number of nitrogens with zero attached hydrogens (tertiary/aromatic N) is 1. The smallest absolute Gasteiger partial charge is 0.251 e. The van der Waals surface area contributed by atoms with Gasteiger partial charge in [0.05, 0.1) is 27.9 Å². The molecule has 0 spiro atoms. The molecule has 0 atom stereocenters. The highest BCUT2D eigenvalue weighted by Gasteiger charge is 2.18. The molecule has 1 aromatic heterocycles. The lowest BCUT2D eigenvalue weighted by Gasteiger charge is -2.14. The number of methoxy groups -OCH3 is 3. The molecule has 1 heterocycles. The Morgan fingerprint density at radius 3 is 2.19 bits per heavy atom. The number of nitrogens with one attached hydrogen (secondary N) is 2. The first-order valence-electron chi connectivity index (χ1n) is 9.93. The van der Waals surface area contributed by atoms with E-state index in [-0.39, 0.29) is 18.0 Å². The van der Waals surface area contributed by atoms with Gasteiger partial charge < -0.3 is 24.1 Å². The molecule has 2 N–H and O–H groups in total. The Morgan fingerprint density at radius 1 is 0.969 bits per heavy atom. The van der Waals surface area contributed by atoms with Crippen LogP contribution in [0.1, 0.15) is 22.8 Å². The van der Waals surface area contributed by atoms with Crippen LogP contribution in [0.15, 0.2) is 47.0 Å². The van der Waals surface area contributed by atoms with E-state index in [0.29, 0.717) is 22.9 Å². The molecule has 168 valence electrons. The lowest BCUT2D eigenvalue weighted by Crippen LogP contribution is -2.32. The fraction of sp³-hybridized carbons (Fsp3) is 0.261. The summed E-state index contributed by atoms with van der Waals surface area (Å²) in [6, 6.07) is 12.5. The Bertz CT molecular complexity index is 1070. The van der Waals surface area contributed by atoms with Gasteiger partial charge in [-0.25, -0.2) is 0 Å². The van der Waals surface area contributed by atoms with Crippen LogP contribution in [-0.4, -0.2) is 44.8 Å². The predicted molar refractivity (Wildman–Crippen MR) is 118 cm³/mol. The van der Waals surface area contributed by atoms with Crippen molar-refractivity contribution in [2.24, 2.45) is 0 Å². The molecular weight excluding hydrogens is 414 g/mol. The van der Waals surface area contributed by atoms with Crippen molar-refractivity contribution in [2.45, 2.75) is 13.3 Å². The molecule has 0 radical (unpaired) electrons. The molecule has 2 aromatic carbocycles. The predicted octanol–water partition coefficient (Wildman–Crippen LogP) is 3.30. The molecule has 0 bridgehead atoms. The maximum atomic E-state index is 12.5. The zero-order valence-corrected chi connectivity index (χ0v) is 18.4. The van der Waals surface area contributed by atoms with Gasteiger partial charge in [-0.3, -0.25) is 14.9 Å². The Kier molecular flexibility index (Phi) is 7.33. The lowest BCUT2D eigenvalue weighted by atomic mass is 10.1. The van der Waals surface area contributed by atoms with Gasteiger partial charge in [-0.05, 0) is 24.1 Å². The molecule has 0 fully saturated rings. The third-order valence-corrected chi connectivity index (χ3v) is 4.77. The standard InChI is InChI=1S/C23H25N3O6/c1-5-14-6-8-15(9-7-14)17-12-21(32-26-17)25-20(27)13-24-23(28)16-10-18(29-2)22(31-4)19(11-16)30-3/h6-12H,5,13H2,1-4H3,(H,24,28)(H,25,27). The van der Waals surface area contributed by atoms with Crippen molar-refractivity contribution in [3.8, 4) is 28.5 Å². The van der Waals surface area contributed by atoms with Crippen LogP contribution in [0.5, 0.6) is 17.2 Å². The Labute approximate surface area is 185 Å². The van der Waals surface area contributed by atoms with E-state index in [1.807, 2.05) is 24.3 Å². The highest BCUT2D eigenvalue weighted by molar-refractivity contribution is 5.99. The molecule has 0 saturated heterocycles. The fourth-order valence-corrected chi connectivity index (χ4v) is 3.04. The van der Waals surface area contributed by atoms with Crippen molar-refractivity contribution >= 4 is 17.7 Å². The van der Waals surface area contributed by atoms with E-state index in [1.165, 1.54) is 39.0 Å². The molecule has 3 aromatic rings. The van der Waals surface area contributed by atoms with Crippen molar-refractivity contribution in [1.29, 1.82) is 0 Å². The van der Waals surface area contributed by atoms with E-state index in [2.05, 4.69) is 22.7 Å². The maximum Gasteiger partial charge on any atom is 0.251 e. The largest absolute Gasteiger partial charge is 0.493 e. The number of rotatable bonds is 9. The number of carbonyl (C=O) groups excluding carboxylic acids is 2. The summed E-state index contributed by atoms with van der Waals surface area (Å²) < 4.78 is 20.9. The van der Waals surface area contributed by atoms with Crippen LogP contribution in [0.4, 0.5) is 5.88 Å². The van der Waals surface area contributed by atoms with E-state index in [9.17, 15) is 9.59 Å². The molecule has 0 saturated carbocycles. The van der Waals surface area contributed by atoms with Crippen LogP contribution in [0, 0.1) is 0 Å². The van der Waals surface area contributed by atoms with E-state index < -0.39 is 11.8 Å². The molecule has 32 heavy (non-hydrogen) atoms. The summed E-state index contributed by atoms with van der Waals surface area (Å²) in [5.41, 5.74) is 2.95. The molecule has 0 aliphatic heterocycles. The third kappa shape index (κ3) is 5.18. The molecule has 3 rings (SSSR count). The average molecular weight is 439 g/mol. The number of benzene rings is 2. The topological polar surface area (TPSA) is 112 Å². The average Bonchev–Trinajstić information content (AvgIpc) is 3.29. The molecule has 9 heteroatoms. The summed E-state index contributed by atoms with van der Waals surface area (Å²) in [4.78, 5) is 24.7. The van der Waals surface area contributed by atoms with Gasteiger partial charge >= 0.3 is 0 Å². The first kappa shape index (κ1) is 22.7. The third-order valence-electron chi connectivity index (χ3n) is 4.77. The van der Waals surface area contributed by atoms with Gasteiger partial charge in [-0.1, -0.05) is 36.3 Å². The van der Waals surface area contributed by atoms with Gasteiger partial charge in [0.1, 0.15) is 5.69 Å². The normalized spacial score (nSPS) is 10.4. The summed E-state index contributed by atoms with van der Waals surface area (Å²) in [5, 5.41) is 9.09. The summed E-state index contributed by atoms with van der Waals surface area (Å²) in [5.74, 6) is 0.287. The van der Waals surface area contributed by atoms with Crippen LogP contribution in [-0.2, 0) is 11.2 Å². The van der Waals surface area contributed by atoms with Gasteiger partial charge in [0.25, 0.3) is 5.91 Å². The van der Waals surface area contributed by atoms with E-state index in [4.69, 9.17) is 18.7 Å². The minimum Gasteiger partial charge on any atom is -0.493 e. The zero-order valence-electron chi connectivity index (χ0n) is 18.4. The number of hydrogen-bond donors (Lipinski definition) is 2. The van der Waals surface area contributed by atoms with Crippen LogP contribution >= 0.6 is 0 Å². The quantitative estimate of drug-likeness (QED) is 0.526. The number of carbonyl (C=O) groups is 2. The summed E-state index contributed by atoms with van der Waals surface area (Å²) in [7, 11) is 4.38. The second-order valence-electron chi connectivity index (χ2n) is 6.77. The van der Waals surface area contributed by atoms with E-state index in [1.54, 1.807) is 6.07 Å². The molecule has 0 aliphatic rings. The van der Waals surface area contributed by atoms with Crippen molar-refractivity contribution in [3.63, 3.8) is 0 Å². The summed E-state index contributed by atoms with van der Waals surface area (Å²) in [6.45, 7) is 1.82. The maximum absolute atomic E-state index is 12.5. The first-order valence-corrected chi connectivity index (χ1v) is 9.93. The Hall–Kier alpha value is -4.01. The molecule has 9 nitrogen and oxygen atoms in total.